The quantitative estimate of drug-likeness (QED) is 0.143. The van der Waals surface area contributed by atoms with E-state index in [0.717, 1.165) is 19.9 Å². The molecule has 0 heterocycles. The number of ether oxygens (including phenoxy) is 1. The molecule has 0 unspecified atom stereocenters. The first-order valence-electron chi connectivity index (χ1n) is 13.9. The molecule has 4 aromatic carbocycles. The number of nitrogens with zero attached hydrogens (tertiary/aromatic N) is 2. The third-order valence-corrected chi connectivity index (χ3v) is 8.98. The van der Waals surface area contributed by atoms with Crippen molar-refractivity contribution in [2.75, 3.05) is 19.7 Å². The number of sulfonamides is 1. The molecule has 0 aromatic heterocycles. The third kappa shape index (κ3) is 9.87. The highest BCUT2D eigenvalue weighted by atomic mass is 79.9. The van der Waals surface area contributed by atoms with Crippen LogP contribution in [-0.4, -0.2) is 50.4 Å². The average Bonchev–Trinajstić information content (AvgIpc) is 3.03. The van der Waals surface area contributed by atoms with Crippen LogP contribution in [0.25, 0.3) is 0 Å². The minimum atomic E-state index is -3.94. The lowest BCUT2D eigenvalue weighted by atomic mass is 10.1. The van der Waals surface area contributed by atoms with Crippen LogP contribution in [0.2, 0.25) is 0 Å². The maximum Gasteiger partial charge on any atom is 0.258 e. The van der Waals surface area contributed by atoms with Crippen LogP contribution in [0, 0.1) is 0 Å². The Hall–Kier alpha value is -4.32. The van der Waals surface area contributed by atoms with Crippen molar-refractivity contribution in [3.63, 3.8) is 0 Å². The van der Waals surface area contributed by atoms with Gasteiger partial charge in [0.15, 0.2) is 6.61 Å². The Morgan fingerprint density at radius 3 is 2.18 bits per heavy atom. The van der Waals surface area contributed by atoms with Gasteiger partial charge in [-0.25, -0.2) is 13.8 Å². The molecule has 2 amide bonds. The number of nitrogens with one attached hydrogen (secondary N) is 2. The number of amides is 2. The Morgan fingerprint density at radius 2 is 1.52 bits per heavy atom. The van der Waals surface area contributed by atoms with Gasteiger partial charge in [0.1, 0.15) is 5.75 Å². The standard InChI is InChI=1S/C33H33BrN4O5S/c1-25(28-10-6-3-7-11-28)36-33(40)24-43-30-16-12-27(13-17-30)22-35-37-32(39)23-38(21-20-26-8-4-2-5-9-26)44(41,42)31-18-14-29(34)15-19-31/h2-19,22,25H,20-21,23-24H2,1H3,(H,36,40)(H,37,39)/b35-22+/t25-/m0/s1. The minimum absolute atomic E-state index is 0.0931. The summed E-state index contributed by atoms with van der Waals surface area (Å²) < 4.78 is 34.3. The van der Waals surface area contributed by atoms with Gasteiger partial charge in [-0.05, 0) is 78.6 Å². The highest BCUT2D eigenvalue weighted by Gasteiger charge is 2.26. The van der Waals surface area contributed by atoms with Crippen molar-refractivity contribution in [3.05, 3.63) is 130 Å². The maximum atomic E-state index is 13.4. The van der Waals surface area contributed by atoms with Crippen molar-refractivity contribution < 1.29 is 22.7 Å². The van der Waals surface area contributed by atoms with Crippen LogP contribution < -0.4 is 15.5 Å². The molecule has 228 valence electrons. The summed E-state index contributed by atoms with van der Waals surface area (Å²) in [6.45, 7) is 1.49. The van der Waals surface area contributed by atoms with Gasteiger partial charge in [0.2, 0.25) is 10.0 Å². The summed E-state index contributed by atoms with van der Waals surface area (Å²) in [7, 11) is -3.94. The summed E-state index contributed by atoms with van der Waals surface area (Å²) in [5.41, 5.74) is 5.04. The summed E-state index contributed by atoms with van der Waals surface area (Å²) in [5.74, 6) is -0.318. The number of carbonyl (C=O) groups excluding carboxylic acids is 2. The van der Waals surface area contributed by atoms with Gasteiger partial charge in [-0.15, -0.1) is 0 Å². The Morgan fingerprint density at radius 1 is 0.886 bits per heavy atom. The number of hydrogen-bond acceptors (Lipinski definition) is 6. The van der Waals surface area contributed by atoms with E-state index in [1.165, 1.54) is 18.3 Å². The predicted molar refractivity (Wildman–Crippen MR) is 174 cm³/mol. The molecule has 0 bridgehead atoms. The highest BCUT2D eigenvalue weighted by molar-refractivity contribution is 9.10. The second-order valence-corrected chi connectivity index (χ2v) is 12.7. The fraction of sp³-hybridized carbons (Fsp3) is 0.182. The van der Waals surface area contributed by atoms with E-state index in [4.69, 9.17) is 4.74 Å². The Bertz CT molecular complexity index is 1650. The van der Waals surface area contributed by atoms with Crippen molar-refractivity contribution in [1.29, 1.82) is 0 Å². The fourth-order valence-electron chi connectivity index (χ4n) is 4.22. The molecule has 44 heavy (non-hydrogen) atoms. The summed E-state index contributed by atoms with van der Waals surface area (Å²) in [6.07, 6.45) is 1.88. The van der Waals surface area contributed by atoms with E-state index < -0.39 is 22.5 Å². The number of rotatable bonds is 14. The molecule has 0 saturated heterocycles. The SMILES string of the molecule is C[C@H](NC(=O)COc1ccc(/C=N/NC(=O)CN(CCc2ccccc2)S(=O)(=O)c2ccc(Br)cc2)cc1)c1ccccc1. The lowest BCUT2D eigenvalue weighted by Crippen LogP contribution is -2.40. The van der Waals surface area contributed by atoms with E-state index >= 15 is 0 Å². The molecule has 4 rings (SSSR count). The number of hydrogen-bond donors (Lipinski definition) is 2. The van der Waals surface area contributed by atoms with E-state index in [-0.39, 0.29) is 30.0 Å². The first kappa shape index (κ1) is 32.6. The molecular weight excluding hydrogens is 644 g/mol. The molecule has 9 nitrogen and oxygen atoms in total. The zero-order valence-electron chi connectivity index (χ0n) is 24.1. The molecule has 11 heteroatoms. The monoisotopic (exact) mass is 676 g/mol. The van der Waals surface area contributed by atoms with Crippen LogP contribution in [0.3, 0.4) is 0 Å². The van der Waals surface area contributed by atoms with E-state index in [1.54, 1.807) is 36.4 Å². The van der Waals surface area contributed by atoms with Crippen LogP contribution >= 0.6 is 15.9 Å². The number of benzene rings is 4. The normalized spacial score (nSPS) is 12.2. The third-order valence-electron chi connectivity index (χ3n) is 6.59. The van der Waals surface area contributed by atoms with Crippen molar-refractivity contribution in [1.82, 2.24) is 15.0 Å². The largest absolute Gasteiger partial charge is 0.484 e. The van der Waals surface area contributed by atoms with Crippen LogP contribution in [-0.2, 0) is 26.0 Å². The maximum absolute atomic E-state index is 13.4. The van der Waals surface area contributed by atoms with Gasteiger partial charge < -0.3 is 10.1 Å². The number of carbonyl (C=O) groups is 2. The summed E-state index contributed by atoms with van der Waals surface area (Å²) in [5, 5.41) is 6.89. The van der Waals surface area contributed by atoms with E-state index in [2.05, 4.69) is 31.8 Å². The zero-order valence-corrected chi connectivity index (χ0v) is 26.5. The van der Waals surface area contributed by atoms with Gasteiger partial charge in [-0.3, -0.25) is 9.59 Å². The summed E-state index contributed by atoms with van der Waals surface area (Å²) >= 11 is 3.32. The number of hydrazone groups is 1. The molecule has 0 aliphatic carbocycles. The Balaban J connectivity index is 1.30. The Kier molecular flexibility index (Phi) is 11.8. The molecular formula is C33H33BrN4O5S. The average molecular weight is 678 g/mol. The molecule has 0 saturated carbocycles. The van der Waals surface area contributed by atoms with E-state index in [1.807, 2.05) is 67.6 Å². The summed E-state index contributed by atoms with van der Waals surface area (Å²) in [6, 6.07) is 32.1. The van der Waals surface area contributed by atoms with Crippen LogP contribution in [0.5, 0.6) is 5.75 Å². The van der Waals surface area contributed by atoms with Crippen LogP contribution in [0.15, 0.2) is 124 Å². The predicted octanol–water partition coefficient (Wildman–Crippen LogP) is 5.09. The molecule has 0 radical (unpaired) electrons. The lowest BCUT2D eigenvalue weighted by molar-refractivity contribution is -0.124. The molecule has 1 atom stereocenters. The molecule has 0 fully saturated rings. The van der Waals surface area contributed by atoms with Crippen molar-refractivity contribution >= 4 is 44.0 Å². The smallest absolute Gasteiger partial charge is 0.258 e. The highest BCUT2D eigenvalue weighted by Crippen LogP contribution is 2.19. The summed E-state index contributed by atoms with van der Waals surface area (Å²) in [4.78, 5) is 25.1. The van der Waals surface area contributed by atoms with Crippen molar-refractivity contribution in [2.24, 2.45) is 5.10 Å². The molecule has 0 aliphatic heterocycles. The minimum Gasteiger partial charge on any atom is -0.484 e. The van der Waals surface area contributed by atoms with Crippen LogP contribution in [0.4, 0.5) is 0 Å². The fourth-order valence-corrected chi connectivity index (χ4v) is 5.88. The van der Waals surface area contributed by atoms with Gasteiger partial charge in [0.25, 0.3) is 11.8 Å². The van der Waals surface area contributed by atoms with Crippen molar-refractivity contribution in [2.45, 2.75) is 24.3 Å². The molecule has 2 N–H and O–H groups in total. The first-order valence-corrected chi connectivity index (χ1v) is 16.1. The van der Waals surface area contributed by atoms with E-state index in [0.29, 0.717) is 17.7 Å². The van der Waals surface area contributed by atoms with Gasteiger partial charge >= 0.3 is 0 Å². The second kappa shape index (κ2) is 15.9. The van der Waals surface area contributed by atoms with Crippen LogP contribution in [0.1, 0.15) is 29.7 Å². The first-order chi connectivity index (χ1) is 21.2. The molecule has 0 aliphatic rings. The van der Waals surface area contributed by atoms with E-state index in [9.17, 15) is 18.0 Å². The molecule has 0 spiro atoms. The topological polar surface area (TPSA) is 117 Å². The second-order valence-electron chi connectivity index (χ2n) is 9.88. The van der Waals surface area contributed by atoms with Gasteiger partial charge in [-0.2, -0.15) is 9.41 Å². The zero-order chi connectivity index (χ0) is 31.4. The van der Waals surface area contributed by atoms with Gasteiger partial charge in [-0.1, -0.05) is 76.6 Å². The van der Waals surface area contributed by atoms with Crippen molar-refractivity contribution in [3.8, 4) is 5.75 Å². The lowest BCUT2D eigenvalue weighted by Gasteiger charge is -2.21. The number of halogens is 1. The Labute approximate surface area is 266 Å². The van der Waals surface area contributed by atoms with Gasteiger partial charge in [0, 0.05) is 11.0 Å². The molecule has 4 aromatic rings. The van der Waals surface area contributed by atoms with Gasteiger partial charge in [0.05, 0.1) is 23.7 Å².